The van der Waals surface area contributed by atoms with Crippen LogP contribution in [0.2, 0.25) is 0 Å². The van der Waals surface area contributed by atoms with Gasteiger partial charge in [-0.25, -0.2) is 9.78 Å². The molecular weight excluding hydrogens is 862 g/mol. The Morgan fingerprint density at radius 3 is 1.77 bits per heavy atom. The Morgan fingerprint density at radius 1 is 0.750 bits per heavy atom. The predicted molar refractivity (Wildman–Crippen MR) is 252 cm³/mol. The monoisotopic (exact) mass is 901 g/mol. The highest BCUT2D eigenvalue weighted by Crippen LogP contribution is 2.43. The van der Waals surface area contributed by atoms with Crippen molar-refractivity contribution in [2.24, 2.45) is 5.16 Å². The molecule has 7 aromatic rings. The number of β-lactam (4-membered cyclic amide) rings is 1. The number of aromatic nitrogens is 1. The van der Waals surface area contributed by atoms with Crippen LogP contribution < -0.4 is 15.5 Å². The number of oxime groups is 1. The molecule has 2 aliphatic rings. The smallest absolute Gasteiger partial charge is 0.356 e. The molecule has 0 aliphatic carbocycles. The van der Waals surface area contributed by atoms with E-state index in [1.54, 1.807) is 29.6 Å². The number of ether oxygens (including phenoxy) is 1. The van der Waals surface area contributed by atoms with Gasteiger partial charge >= 0.3 is 5.97 Å². The van der Waals surface area contributed by atoms with Crippen LogP contribution in [0.3, 0.4) is 0 Å². The number of carbonyl (C=O) groups is 3. The Bertz CT molecular complexity index is 2660. The molecule has 0 bridgehead atoms. The van der Waals surface area contributed by atoms with Gasteiger partial charge in [0.25, 0.3) is 11.8 Å². The standard InChI is InChI=1S/C51H40ClN5O5S2/c52-31-36-32-63-48-43(47(59)57(48)44(36)49(60)61-45(34-19-7-1-8-20-34)35-21-9-2-10-22-35)54-46(58)42(56-62-40-29-17-6-18-30-40)41-33-64-50(53-41)55-51(37-23-11-3-12-24-37,38-25-13-4-14-26-38)39-27-15-5-16-28-39/h1-30,33,43,45,48H,31-32H2,(H,53,55)(H,54,58)/b56-42-/t43?,48-/m1/s1. The number of para-hydroxylation sites is 1. The highest BCUT2D eigenvalue weighted by atomic mass is 35.5. The Labute approximate surface area is 383 Å². The van der Waals surface area contributed by atoms with E-state index in [4.69, 9.17) is 26.2 Å². The minimum Gasteiger partial charge on any atom is -0.448 e. The summed E-state index contributed by atoms with van der Waals surface area (Å²) in [4.78, 5) is 54.9. The van der Waals surface area contributed by atoms with E-state index in [1.165, 1.54) is 28.0 Å². The maximum atomic E-state index is 14.5. The lowest BCUT2D eigenvalue weighted by atomic mass is 9.77. The highest BCUT2D eigenvalue weighted by molar-refractivity contribution is 8.00. The van der Waals surface area contributed by atoms with Crippen LogP contribution in [0.5, 0.6) is 5.75 Å². The summed E-state index contributed by atoms with van der Waals surface area (Å²) in [6.45, 7) is 0. The number of alkyl halides is 1. The molecule has 6 aromatic carbocycles. The highest BCUT2D eigenvalue weighted by Gasteiger charge is 2.55. The van der Waals surface area contributed by atoms with Gasteiger partial charge in [-0.2, -0.15) is 0 Å². The average molecular weight is 902 g/mol. The molecule has 0 saturated carbocycles. The Balaban J connectivity index is 1.00. The normalized spacial score (nSPS) is 16.1. The van der Waals surface area contributed by atoms with Crippen molar-refractivity contribution in [3.05, 3.63) is 232 Å². The summed E-state index contributed by atoms with van der Waals surface area (Å²) in [7, 11) is 0. The van der Waals surface area contributed by atoms with Gasteiger partial charge in [0.1, 0.15) is 28.3 Å². The van der Waals surface area contributed by atoms with Crippen LogP contribution in [0.4, 0.5) is 5.13 Å². The SMILES string of the molecule is O=C(OC(c1ccccc1)c1ccccc1)C1=C(CCl)CS[C@@H]2C(NC(=O)/C(=N\Oc3ccccc3)c3csc(NC(c4ccccc4)(c4ccccc4)c4ccccc4)n3)C(=O)N12. The summed E-state index contributed by atoms with van der Waals surface area (Å²) in [6, 6.07) is 57.0. The van der Waals surface area contributed by atoms with Gasteiger partial charge in [0.05, 0.1) is 0 Å². The lowest BCUT2D eigenvalue weighted by Gasteiger charge is -2.49. The molecule has 1 unspecified atom stereocenters. The van der Waals surface area contributed by atoms with Crippen molar-refractivity contribution >= 4 is 63.3 Å². The van der Waals surface area contributed by atoms with Crippen LogP contribution in [-0.4, -0.2) is 56.4 Å². The van der Waals surface area contributed by atoms with Gasteiger partial charge in [-0.05, 0) is 45.5 Å². The second-order valence-corrected chi connectivity index (χ2v) is 17.1. The van der Waals surface area contributed by atoms with Gasteiger partial charge < -0.3 is 20.2 Å². The van der Waals surface area contributed by atoms with Gasteiger partial charge in [0, 0.05) is 17.0 Å². The van der Waals surface area contributed by atoms with E-state index in [9.17, 15) is 14.4 Å². The number of fused-ring (bicyclic) bond motifs is 1. The van der Waals surface area contributed by atoms with E-state index in [1.807, 2.05) is 121 Å². The summed E-state index contributed by atoms with van der Waals surface area (Å²) in [5, 5.41) is 12.6. The molecule has 1 fully saturated rings. The summed E-state index contributed by atoms with van der Waals surface area (Å²) >= 11 is 9.11. The van der Waals surface area contributed by atoms with Crippen LogP contribution >= 0.6 is 34.7 Å². The van der Waals surface area contributed by atoms with Crippen LogP contribution in [0, 0.1) is 0 Å². The molecule has 9 rings (SSSR count). The third-order valence-electron chi connectivity index (χ3n) is 11.0. The number of thioether (sulfide) groups is 1. The van der Waals surface area contributed by atoms with E-state index in [2.05, 4.69) is 52.2 Å². The van der Waals surface area contributed by atoms with E-state index in [0.29, 0.717) is 22.2 Å². The maximum Gasteiger partial charge on any atom is 0.356 e. The first kappa shape index (κ1) is 42.3. The number of anilines is 1. The van der Waals surface area contributed by atoms with Crippen LogP contribution in [0.15, 0.2) is 204 Å². The van der Waals surface area contributed by atoms with Gasteiger partial charge in [0.2, 0.25) is 0 Å². The second-order valence-electron chi connectivity index (χ2n) is 14.9. The van der Waals surface area contributed by atoms with Crippen LogP contribution in [-0.2, 0) is 24.7 Å². The summed E-state index contributed by atoms with van der Waals surface area (Å²) in [5.74, 6) is -1.09. The lowest BCUT2D eigenvalue weighted by molar-refractivity contribution is -0.154. The molecule has 1 saturated heterocycles. The number of carbonyl (C=O) groups excluding carboxylic acids is 3. The zero-order valence-corrected chi connectivity index (χ0v) is 36.5. The van der Waals surface area contributed by atoms with Gasteiger partial charge in [-0.3, -0.25) is 14.5 Å². The third-order valence-corrected chi connectivity index (χ3v) is 13.4. The van der Waals surface area contributed by atoms with Crippen LogP contribution in [0.1, 0.15) is 39.6 Å². The molecule has 0 radical (unpaired) electrons. The largest absolute Gasteiger partial charge is 0.448 e. The van der Waals surface area contributed by atoms with Crippen molar-refractivity contribution < 1.29 is 24.0 Å². The van der Waals surface area contributed by atoms with Crippen molar-refractivity contribution in [2.45, 2.75) is 23.1 Å². The van der Waals surface area contributed by atoms with E-state index < -0.39 is 40.8 Å². The van der Waals surface area contributed by atoms with E-state index in [0.717, 1.165) is 27.8 Å². The number of amides is 2. The Kier molecular flexibility index (Phi) is 12.7. The molecule has 2 aliphatic heterocycles. The quantitative estimate of drug-likeness (QED) is 0.0261. The fourth-order valence-electron chi connectivity index (χ4n) is 7.90. The topological polar surface area (TPSA) is 122 Å². The molecule has 318 valence electrons. The number of benzene rings is 6. The maximum absolute atomic E-state index is 14.5. The van der Waals surface area contributed by atoms with E-state index in [-0.39, 0.29) is 23.0 Å². The molecule has 64 heavy (non-hydrogen) atoms. The number of thiazole rings is 1. The first-order chi connectivity index (χ1) is 31.4. The summed E-state index contributed by atoms with van der Waals surface area (Å²) < 4.78 is 6.21. The summed E-state index contributed by atoms with van der Waals surface area (Å²) in [6.07, 6.45) is -0.738. The lowest BCUT2D eigenvalue weighted by Crippen LogP contribution is -2.71. The number of hydrogen-bond donors (Lipinski definition) is 2. The van der Waals surface area contributed by atoms with E-state index >= 15 is 0 Å². The first-order valence-corrected chi connectivity index (χ1v) is 23.0. The molecule has 0 spiro atoms. The molecule has 10 nitrogen and oxygen atoms in total. The van der Waals surface area contributed by atoms with Crippen molar-refractivity contribution in [3.8, 4) is 5.75 Å². The Morgan fingerprint density at radius 2 is 1.25 bits per heavy atom. The van der Waals surface area contributed by atoms with Gasteiger partial charge in [-0.1, -0.05) is 175 Å². The number of nitrogens with zero attached hydrogens (tertiary/aromatic N) is 3. The average Bonchev–Trinajstić information content (AvgIpc) is 3.83. The zero-order valence-electron chi connectivity index (χ0n) is 34.1. The minimum atomic E-state index is -1.00. The van der Waals surface area contributed by atoms with Crippen molar-refractivity contribution in [1.29, 1.82) is 0 Å². The predicted octanol–water partition coefficient (Wildman–Crippen LogP) is 9.56. The third kappa shape index (κ3) is 8.55. The van der Waals surface area contributed by atoms with Crippen LogP contribution in [0.25, 0.3) is 0 Å². The molecule has 2 amide bonds. The minimum absolute atomic E-state index is 0.0141. The number of nitrogens with one attached hydrogen (secondary N) is 2. The van der Waals surface area contributed by atoms with Gasteiger partial charge in [0.15, 0.2) is 22.7 Å². The molecule has 1 aromatic heterocycles. The number of halogens is 1. The molecule has 3 heterocycles. The molecule has 13 heteroatoms. The van der Waals surface area contributed by atoms with Crippen molar-refractivity contribution in [1.82, 2.24) is 15.2 Å². The summed E-state index contributed by atoms with van der Waals surface area (Å²) in [5.41, 5.74) is 4.33. The molecule has 2 atom stereocenters. The molecule has 2 N–H and O–H groups in total. The fourth-order valence-corrected chi connectivity index (χ4v) is 10.3. The number of rotatable bonds is 15. The first-order valence-electron chi connectivity index (χ1n) is 20.5. The van der Waals surface area contributed by atoms with Gasteiger partial charge in [-0.15, -0.1) is 34.7 Å². The second kappa shape index (κ2) is 19.2. The number of esters is 1. The fraction of sp³-hybridized carbons (Fsp3) is 0.118. The number of hydrogen-bond acceptors (Lipinski definition) is 10. The van der Waals surface area contributed by atoms with Crippen molar-refractivity contribution in [2.75, 3.05) is 16.9 Å². The Hall–Kier alpha value is -6.99. The van der Waals surface area contributed by atoms with Crippen molar-refractivity contribution in [3.63, 3.8) is 0 Å². The molecular formula is C51H40ClN5O5S2. The zero-order chi connectivity index (χ0) is 43.9.